The predicted molar refractivity (Wildman–Crippen MR) is 71.1 cm³/mol. The maximum atomic E-state index is 12.4. The number of amides is 1. The van der Waals surface area contributed by atoms with Crippen molar-refractivity contribution >= 4 is 29.3 Å². The van der Waals surface area contributed by atoms with Crippen LogP contribution in [0.2, 0.25) is 5.02 Å². The molecule has 1 N–H and O–H groups in total. The second-order valence-corrected chi connectivity index (χ2v) is 5.43. The molecule has 0 saturated heterocycles. The molecule has 1 aliphatic rings. The molecule has 2 rings (SSSR count). The number of ether oxygens (including phenoxy) is 1. The van der Waals surface area contributed by atoms with Gasteiger partial charge in [-0.3, -0.25) is 9.59 Å². The van der Waals surface area contributed by atoms with Crippen LogP contribution in [0.3, 0.4) is 0 Å². The van der Waals surface area contributed by atoms with Gasteiger partial charge in [-0.05, 0) is 18.4 Å². The lowest BCUT2D eigenvalue weighted by Gasteiger charge is -2.10. The van der Waals surface area contributed by atoms with Crippen LogP contribution in [-0.2, 0) is 20.5 Å². The molecule has 1 aromatic heterocycles. The van der Waals surface area contributed by atoms with Crippen molar-refractivity contribution in [1.29, 1.82) is 0 Å². The van der Waals surface area contributed by atoms with E-state index in [9.17, 15) is 22.8 Å². The molecule has 1 heterocycles. The van der Waals surface area contributed by atoms with Gasteiger partial charge in [0.15, 0.2) is 12.4 Å². The van der Waals surface area contributed by atoms with Crippen LogP contribution in [0.25, 0.3) is 0 Å². The van der Waals surface area contributed by atoms with Gasteiger partial charge in [0.05, 0.1) is 16.5 Å². The van der Waals surface area contributed by atoms with Gasteiger partial charge in [0.2, 0.25) is 0 Å². The third kappa shape index (κ3) is 4.09. The summed E-state index contributed by atoms with van der Waals surface area (Å²) in [5, 5.41) is 1.83. The standard InChI is InChI=1S/C13H12ClF3N2O3/c1-6-2-8(6)12(21)22-5-10(20)19-11-9(14)3-7(4-18-11)13(15,16)17/h3-4,6,8H,2,5H2,1H3,(H,18,19,20)/t6-,8+/m1/s1. The third-order valence-corrected chi connectivity index (χ3v) is 3.47. The van der Waals surface area contributed by atoms with Gasteiger partial charge in [0.25, 0.3) is 5.91 Å². The van der Waals surface area contributed by atoms with Crippen molar-refractivity contribution in [3.8, 4) is 0 Å². The van der Waals surface area contributed by atoms with E-state index < -0.39 is 30.2 Å². The zero-order chi connectivity index (χ0) is 16.5. The number of nitrogens with one attached hydrogen (secondary N) is 1. The maximum Gasteiger partial charge on any atom is 0.417 e. The van der Waals surface area contributed by atoms with Gasteiger partial charge >= 0.3 is 12.1 Å². The van der Waals surface area contributed by atoms with E-state index in [2.05, 4.69) is 10.3 Å². The number of rotatable bonds is 4. The quantitative estimate of drug-likeness (QED) is 0.858. The molecule has 22 heavy (non-hydrogen) atoms. The Kier molecular flexibility index (Phi) is 4.60. The molecule has 1 amide bonds. The molecule has 9 heteroatoms. The summed E-state index contributed by atoms with van der Waals surface area (Å²) in [6.45, 7) is 1.35. The molecule has 1 aromatic rings. The molecule has 0 spiro atoms. The largest absolute Gasteiger partial charge is 0.455 e. The molecule has 0 aromatic carbocycles. The average Bonchev–Trinajstić information content (AvgIpc) is 3.14. The van der Waals surface area contributed by atoms with Crippen molar-refractivity contribution in [2.24, 2.45) is 11.8 Å². The molecule has 1 fully saturated rings. The Hall–Kier alpha value is -1.83. The van der Waals surface area contributed by atoms with Crippen LogP contribution < -0.4 is 5.32 Å². The van der Waals surface area contributed by atoms with Crippen LogP contribution in [0.5, 0.6) is 0 Å². The first kappa shape index (κ1) is 16.5. The number of aromatic nitrogens is 1. The van der Waals surface area contributed by atoms with Crippen molar-refractivity contribution in [2.45, 2.75) is 19.5 Å². The van der Waals surface area contributed by atoms with E-state index in [0.717, 1.165) is 6.42 Å². The molecule has 1 aliphatic carbocycles. The van der Waals surface area contributed by atoms with Gasteiger partial charge in [-0.25, -0.2) is 4.98 Å². The first-order chi connectivity index (χ1) is 10.2. The number of hydrogen-bond acceptors (Lipinski definition) is 4. The number of hydrogen-bond donors (Lipinski definition) is 1. The molecule has 120 valence electrons. The van der Waals surface area contributed by atoms with Crippen LogP contribution in [0.4, 0.5) is 19.0 Å². The summed E-state index contributed by atoms with van der Waals surface area (Å²) in [4.78, 5) is 26.4. The van der Waals surface area contributed by atoms with E-state index in [-0.39, 0.29) is 22.7 Å². The summed E-state index contributed by atoms with van der Waals surface area (Å²) < 4.78 is 42.1. The third-order valence-electron chi connectivity index (χ3n) is 3.18. The number of alkyl halides is 3. The summed E-state index contributed by atoms with van der Waals surface area (Å²) in [5.41, 5.74) is -1.02. The maximum absolute atomic E-state index is 12.4. The number of nitrogens with zero attached hydrogens (tertiary/aromatic N) is 1. The fraction of sp³-hybridized carbons (Fsp3) is 0.462. The minimum absolute atomic E-state index is 0.180. The van der Waals surface area contributed by atoms with Gasteiger partial charge in [-0.1, -0.05) is 18.5 Å². The second kappa shape index (κ2) is 6.12. The molecular weight excluding hydrogens is 325 g/mol. The summed E-state index contributed by atoms with van der Waals surface area (Å²) in [6.07, 6.45) is -3.29. The van der Waals surface area contributed by atoms with Crippen molar-refractivity contribution in [1.82, 2.24) is 4.98 Å². The lowest BCUT2D eigenvalue weighted by molar-refractivity contribution is -0.148. The lowest BCUT2D eigenvalue weighted by atomic mass is 10.3. The average molecular weight is 337 g/mol. The van der Waals surface area contributed by atoms with Gasteiger partial charge in [-0.2, -0.15) is 13.2 Å². The first-order valence-electron chi connectivity index (χ1n) is 6.37. The van der Waals surface area contributed by atoms with E-state index in [1.165, 1.54) is 0 Å². The molecule has 1 saturated carbocycles. The summed E-state index contributed by atoms with van der Waals surface area (Å²) in [7, 11) is 0. The topological polar surface area (TPSA) is 68.3 Å². The fourth-order valence-corrected chi connectivity index (χ4v) is 1.96. The van der Waals surface area contributed by atoms with Gasteiger partial charge in [0.1, 0.15) is 0 Å². The van der Waals surface area contributed by atoms with E-state index in [4.69, 9.17) is 16.3 Å². The number of pyridine rings is 1. The molecule has 5 nitrogen and oxygen atoms in total. The summed E-state index contributed by atoms with van der Waals surface area (Å²) in [5.74, 6) is -1.34. The monoisotopic (exact) mass is 336 g/mol. The minimum atomic E-state index is -4.57. The van der Waals surface area contributed by atoms with Crippen LogP contribution in [-0.4, -0.2) is 23.5 Å². The molecule has 0 aliphatic heterocycles. The highest BCUT2D eigenvalue weighted by molar-refractivity contribution is 6.33. The molecule has 0 bridgehead atoms. The second-order valence-electron chi connectivity index (χ2n) is 5.03. The number of anilines is 1. The summed E-state index contributed by atoms with van der Waals surface area (Å²) >= 11 is 5.64. The van der Waals surface area contributed by atoms with Gasteiger partial charge < -0.3 is 10.1 Å². The molecule has 0 radical (unpaired) electrons. The molecule has 2 atom stereocenters. The Morgan fingerprint density at radius 1 is 1.50 bits per heavy atom. The van der Waals surface area contributed by atoms with Gasteiger partial charge in [0, 0.05) is 6.20 Å². The van der Waals surface area contributed by atoms with Gasteiger partial charge in [-0.15, -0.1) is 0 Å². The van der Waals surface area contributed by atoms with Crippen molar-refractivity contribution in [3.63, 3.8) is 0 Å². The number of esters is 1. The lowest BCUT2D eigenvalue weighted by Crippen LogP contribution is -2.22. The minimum Gasteiger partial charge on any atom is -0.455 e. The van der Waals surface area contributed by atoms with Crippen LogP contribution in [0, 0.1) is 11.8 Å². The highest BCUT2D eigenvalue weighted by Gasteiger charge is 2.40. The highest BCUT2D eigenvalue weighted by atomic mass is 35.5. The van der Waals surface area contributed by atoms with Crippen molar-refractivity contribution in [2.75, 3.05) is 11.9 Å². The fourth-order valence-electron chi connectivity index (χ4n) is 1.75. The Balaban J connectivity index is 1.90. The Bertz CT molecular complexity index is 607. The van der Waals surface area contributed by atoms with E-state index in [1.54, 1.807) is 0 Å². The number of carbonyl (C=O) groups excluding carboxylic acids is 2. The molecule has 0 unspecified atom stereocenters. The van der Waals surface area contributed by atoms with E-state index >= 15 is 0 Å². The zero-order valence-electron chi connectivity index (χ0n) is 11.4. The Morgan fingerprint density at radius 3 is 2.64 bits per heavy atom. The van der Waals surface area contributed by atoms with E-state index in [0.29, 0.717) is 12.3 Å². The number of halogens is 4. The van der Waals surface area contributed by atoms with Crippen LogP contribution >= 0.6 is 11.6 Å². The van der Waals surface area contributed by atoms with Crippen molar-refractivity contribution < 1.29 is 27.5 Å². The summed E-state index contributed by atoms with van der Waals surface area (Å²) in [6, 6.07) is 0.655. The predicted octanol–water partition coefficient (Wildman–Crippen LogP) is 2.89. The van der Waals surface area contributed by atoms with E-state index in [1.807, 2.05) is 6.92 Å². The first-order valence-corrected chi connectivity index (χ1v) is 6.75. The normalized spacial score (nSPS) is 20.4. The smallest absolute Gasteiger partial charge is 0.417 e. The molecular formula is C13H12ClF3N2O3. The highest BCUT2D eigenvalue weighted by Crippen LogP contribution is 2.38. The SMILES string of the molecule is C[C@@H]1C[C@@H]1C(=O)OCC(=O)Nc1ncc(C(F)(F)F)cc1Cl. The van der Waals surface area contributed by atoms with Crippen molar-refractivity contribution in [3.05, 3.63) is 22.8 Å². The Morgan fingerprint density at radius 2 is 2.14 bits per heavy atom. The number of carbonyl (C=O) groups is 2. The Labute approximate surface area is 128 Å². The van der Waals surface area contributed by atoms with Crippen LogP contribution in [0.15, 0.2) is 12.3 Å². The zero-order valence-corrected chi connectivity index (χ0v) is 12.2. The van der Waals surface area contributed by atoms with Crippen LogP contribution in [0.1, 0.15) is 18.9 Å².